The predicted octanol–water partition coefficient (Wildman–Crippen LogP) is 1.76. The van der Waals surface area contributed by atoms with Crippen LogP contribution in [-0.2, 0) is 6.42 Å². The number of rotatable bonds is 5. The highest BCUT2D eigenvalue weighted by Crippen LogP contribution is 2.28. The Morgan fingerprint density at radius 1 is 1.15 bits per heavy atom. The maximum Gasteiger partial charge on any atom is 0.134 e. The number of nitrogens with one attached hydrogen (secondary N) is 1. The van der Waals surface area contributed by atoms with Crippen molar-refractivity contribution >= 4 is 11.6 Å². The van der Waals surface area contributed by atoms with Crippen LogP contribution in [0.4, 0.5) is 11.6 Å². The Labute approximate surface area is 121 Å². The molecule has 0 bridgehead atoms. The van der Waals surface area contributed by atoms with E-state index in [2.05, 4.69) is 40.0 Å². The van der Waals surface area contributed by atoms with Crippen LogP contribution in [0.5, 0.6) is 0 Å². The van der Waals surface area contributed by atoms with E-state index in [9.17, 15) is 0 Å². The van der Waals surface area contributed by atoms with E-state index in [0.29, 0.717) is 0 Å². The fourth-order valence-electron chi connectivity index (χ4n) is 2.83. The highest BCUT2D eigenvalue weighted by molar-refractivity contribution is 5.49. The van der Waals surface area contributed by atoms with E-state index in [1.807, 2.05) is 0 Å². The smallest absolute Gasteiger partial charge is 0.134 e. The van der Waals surface area contributed by atoms with Crippen molar-refractivity contribution in [3.8, 4) is 0 Å². The molecule has 0 radical (unpaired) electrons. The van der Waals surface area contributed by atoms with Crippen LogP contribution in [0, 0.1) is 0 Å². The molecule has 0 atom stereocenters. The van der Waals surface area contributed by atoms with Gasteiger partial charge in [0.15, 0.2) is 0 Å². The summed E-state index contributed by atoms with van der Waals surface area (Å²) >= 11 is 0. The first kappa shape index (κ1) is 13.6. The minimum atomic E-state index is 0.881. The van der Waals surface area contributed by atoms with Crippen molar-refractivity contribution in [1.82, 2.24) is 14.9 Å². The van der Waals surface area contributed by atoms with E-state index in [-0.39, 0.29) is 0 Å². The second-order valence-electron chi connectivity index (χ2n) is 5.67. The third kappa shape index (κ3) is 3.03. The molecule has 1 aliphatic carbocycles. The minimum Gasteiger partial charge on any atom is -0.370 e. The topological polar surface area (TPSA) is 44.3 Å². The first-order valence-corrected chi connectivity index (χ1v) is 7.91. The number of aromatic nitrogens is 2. The number of nitrogens with zero attached hydrogens (tertiary/aromatic N) is 4. The summed E-state index contributed by atoms with van der Waals surface area (Å²) in [5.41, 5.74) is 0. The van der Waals surface area contributed by atoms with Gasteiger partial charge in [-0.1, -0.05) is 6.92 Å². The van der Waals surface area contributed by atoms with Crippen molar-refractivity contribution in [2.45, 2.75) is 39.2 Å². The van der Waals surface area contributed by atoms with Crippen LogP contribution in [-0.4, -0.2) is 53.6 Å². The van der Waals surface area contributed by atoms with E-state index in [0.717, 1.165) is 49.6 Å². The second-order valence-corrected chi connectivity index (χ2v) is 5.67. The third-order valence-corrected chi connectivity index (χ3v) is 4.13. The van der Waals surface area contributed by atoms with Gasteiger partial charge in [-0.25, -0.2) is 9.97 Å². The van der Waals surface area contributed by atoms with E-state index >= 15 is 0 Å². The summed E-state index contributed by atoms with van der Waals surface area (Å²) in [5.74, 6) is 2.98. The van der Waals surface area contributed by atoms with Gasteiger partial charge in [0.25, 0.3) is 0 Å². The molecule has 0 amide bonds. The molecule has 3 rings (SSSR count). The van der Waals surface area contributed by atoms with Gasteiger partial charge >= 0.3 is 0 Å². The van der Waals surface area contributed by atoms with Crippen molar-refractivity contribution in [3.05, 3.63) is 11.9 Å². The number of hydrogen-bond donors (Lipinski definition) is 1. The normalized spacial score (nSPS) is 20.2. The molecule has 0 aromatic carbocycles. The Kier molecular flexibility index (Phi) is 4.05. The molecule has 1 saturated carbocycles. The largest absolute Gasteiger partial charge is 0.370 e. The predicted molar refractivity (Wildman–Crippen MR) is 82.4 cm³/mol. The number of piperazine rings is 1. The van der Waals surface area contributed by atoms with Crippen LogP contribution in [0.1, 0.15) is 32.5 Å². The molecule has 2 aliphatic rings. The van der Waals surface area contributed by atoms with Crippen LogP contribution in [0.15, 0.2) is 6.07 Å². The summed E-state index contributed by atoms with van der Waals surface area (Å²) in [6.07, 6.45) is 3.68. The van der Waals surface area contributed by atoms with Crippen molar-refractivity contribution in [3.63, 3.8) is 0 Å². The van der Waals surface area contributed by atoms with Gasteiger partial charge in [0, 0.05) is 51.3 Å². The molecule has 5 heteroatoms. The van der Waals surface area contributed by atoms with E-state index in [1.54, 1.807) is 0 Å². The lowest BCUT2D eigenvalue weighted by molar-refractivity contribution is 0.247. The van der Waals surface area contributed by atoms with Crippen molar-refractivity contribution in [2.24, 2.45) is 0 Å². The lowest BCUT2D eigenvalue weighted by Gasteiger charge is -2.35. The van der Waals surface area contributed by atoms with Gasteiger partial charge < -0.3 is 10.2 Å². The SMILES string of the molecule is CCNc1cc(N2CCN(C3CC3)CC2)nc(CC)n1. The van der Waals surface area contributed by atoms with Gasteiger partial charge in [0.2, 0.25) is 0 Å². The Balaban J connectivity index is 1.70. The molecule has 1 N–H and O–H groups in total. The summed E-state index contributed by atoms with van der Waals surface area (Å²) in [7, 11) is 0. The third-order valence-electron chi connectivity index (χ3n) is 4.13. The van der Waals surface area contributed by atoms with Crippen LogP contribution in [0.2, 0.25) is 0 Å². The minimum absolute atomic E-state index is 0.881. The van der Waals surface area contributed by atoms with Crippen LogP contribution in [0.25, 0.3) is 0 Å². The average Bonchev–Trinajstić information content (AvgIpc) is 3.32. The van der Waals surface area contributed by atoms with Crippen molar-refractivity contribution in [1.29, 1.82) is 0 Å². The Bertz CT molecular complexity index is 450. The van der Waals surface area contributed by atoms with E-state index in [4.69, 9.17) is 4.98 Å². The van der Waals surface area contributed by atoms with Gasteiger partial charge in [-0.2, -0.15) is 0 Å². The van der Waals surface area contributed by atoms with Crippen LogP contribution < -0.4 is 10.2 Å². The summed E-state index contributed by atoms with van der Waals surface area (Å²) < 4.78 is 0. The average molecular weight is 275 g/mol. The van der Waals surface area contributed by atoms with Gasteiger partial charge in [0.1, 0.15) is 17.5 Å². The Hall–Kier alpha value is -1.36. The van der Waals surface area contributed by atoms with E-state index in [1.165, 1.54) is 25.9 Å². The maximum atomic E-state index is 4.70. The molecule has 1 saturated heterocycles. The fraction of sp³-hybridized carbons (Fsp3) is 0.733. The van der Waals surface area contributed by atoms with Crippen LogP contribution >= 0.6 is 0 Å². The molecule has 2 heterocycles. The zero-order chi connectivity index (χ0) is 13.9. The zero-order valence-corrected chi connectivity index (χ0v) is 12.6. The molecule has 1 aliphatic heterocycles. The number of aryl methyl sites for hydroxylation is 1. The first-order valence-electron chi connectivity index (χ1n) is 7.91. The highest BCUT2D eigenvalue weighted by Gasteiger charge is 2.31. The molecule has 0 spiro atoms. The molecule has 0 unspecified atom stereocenters. The van der Waals surface area contributed by atoms with Gasteiger partial charge in [0.05, 0.1) is 0 Å². The first-order chi connectivity index (χ1) is 9.80. The summed E-state index contributed by atoms with van der Waals surface area (Å²) in [6, 6.07) is 2.97. The molecule has 2 fully saturated rings. The molecular weight excluding hydrogens is 250 g/mol. The summed E-state index contributed by atoms with van der Waals surface area (Å²) in [4.78, 5) is 14.3. The van der Waals surface area contributed by atoms with E-state index < -0.39 is 0 Å². The monoisotopic (exact) mass is 275 g/mol. The number of hydrogen-bond acceptors (Lipinski definition) is 5. The molecule has 20 heavy (non-hydrogen) atoms. The zero-order valence-electron chi connectivity index (χ0n) is 12.6. The lowest BCUT2D eigenvalue weighted by atomic mass is 10.3. The molecule has 1 aromatic heterocycles. The lowest BCUT2D eigenvalue weighted by Crippen LogP contribution is -2.47. The fourth-order valence-corrected chi connectivity index (χ4v) is 2.83. The second kappa shape index (κ2) is 5.95. The quantitative estimate of drug-likeness (QED) is 0.887. The molecule has 110 valence electrons. The Morgan fingerprint density at radius 3 is 2.50 bits per heavy atom. The van der Waals surface area contributed by atoms with Gasteiger partial charge in [-0.15, -0.1) is 0 Å². The molecule has 1 aromatic rings. The van der Waals surface area contributed by atoms with Crippen LogP contribution in [0.3, 0.4) is 0 Å². The standard InChI is InChI=1S/C15H25N5/c1-3-13-17-14(16-4-2)11-15(18-13)20-9-7-19(8-10-20)12-5-6-12/h11-12H,3-10H2,1-2H3,(H,16,17,18). The molecular formula is C15H25N5. The van der Waals surface area contributed by atoms with Crippen molar-refractivity contribution in [2.75, 3.05) is 42.9 Å². The molecule has 5 nitrogen and oxygen atoms in total. The van der Waals surface area contributed by atoms with Gasteiger partial charge in [-0.3, -0.25) is 4.90 Å². The Morgan fingerprint density at radius 2 is 1.90 bits per heavy atom. The summed E-state index contributed by atoms with van der Waals surface area (Å²) in [5, 5.41) is 3.31. The maximum absolute atomic E-state index is 4.70. The van der Waals surface area contributed by atoms with Crippen molar-refractivity contribution < 1.29 is 0 Å². The summed E-state index contributed by atoms with van der Waals surface area (Å²) in [6.45, 7) is 9.63. The number of anilines is 2. The highest BCUT2D eigenvalue weighted by atomic mass is 15.3. The van der Waals surface area contributed by atoms with Gasteiger partial charge in [-0.05, 0) is 19.8 Å².